The Bertz CT molecular complexity index is 369. The molecular formula is C21H37NO. The molecule has 0 aromatic heterocycles. The van der Waals surface area contributed by atoms with Crippen molar-refractivity contribution in [3.63, 3.8) is 0 Å². The van der Waals surface area contributed by atoms with Crippen LogP contribution in [0.4, 0.5) is 0 Å². The van der Waals surface area contributed by atoms with Gasteiger partial charge in [0.15, 0.2) is 5.78 Å². The fourth-order valence-corrected chi connectivity index (χ4v) is 4.37. The average molecular weight is 320 g/mol. The van der Waals surface area contributed by atoms with Gasteiger partial charge in [-0.1, -0.05) is 64.2 Å². The number of carbonyl (C=O) groups excluding carboxylic acids is 1. The molecule has 2 aliphatic carbocycles. The predicted octanol–water partition coefficient (Wildman–Crippen LogP) is 5.72. The molecule has 0 aromatic rings. The van der Waals surface area contributed by atoms with Gasteiger partial charge >= 0.3 is 0 Å². The van der Waals surface area contributed by atoms with Gasteiger partial charge in [0.25, 0.3) is 0 Å². The zero-order valence-electron chi connectivity index (χ0n) is 15.5. The van der Waals surface area contributed by atoms with Crippen LogP contribution in [-0.4, -0.2) is 24.8 Å². The minimum absolute atomic E-state index is 0.298. The van der Waals surface area contributed by atoms with Crippen molar-refractivity contribution >= 4 is 5.78 Å². The first-order valence-electron chi connectivity index (χ1n) is 10.1. The Labute approximate surface area is 143 Å². The molecule has 2 aliphatic rings. The van der Waals surface area contributed by atoms with Crippen molar-refractivity contribution in [3.8, 4) is 0 Å². The minimum atomic E-state index is 0.298. The fourth-order valence-electron chi connectivity index (χ4n) is 4.37. The summed E-state index contributed by atoms with van der Waals surface area (Å²) in [7, 11) is 4.13. The number of hydrogen-bond acceptors (Lipinski definition) is 2. The normalized spacial score (nSPS) is 23.5. The van der Waals surface area contributed by atoms with Gasteiger partial charge in [-0.25, -0.2) is 0 Å². The highest BCUT2D eigenvalue weighted by molar-refractivity contribution is 5.97. The Hall–Kier alpha value is -0.790. The van der Waals surface area contributed by atoms with E-state index in [1.165, 1.54) is 77.0 Å². The van der Waals surface area contributed by atoms with Crippen molar-refractivity contribution in [2.45, 2.75) is 89.9 Å². The van der Waals surface area contributed by atoms with E-state index in [1.54, 1.807) is 0 Å². The van der Waals surface area contributed by atoms with E-state index < -0.39 is 0 Å². The summed E-state index contributed by atoms with van der Waals surface area (Å²) in [4.78, 5) is 15.4. The molecule has 0 aliphatic heterocycles. The van der Waals surface area contributed by atoms with Gasteiger partial charge in [-0.2, -0.15) is 0 Å². The summed E-state index contributed by atoms with van der Waals surface area (Å²) in [6.07, 6.45) is 20.0. The molecule has 2 nitrogen and oxygen atoms in total. The van der Waals surface area contributed by atoms with Crippen LogP contribution in [0.1, 0.15) is 89.9 Å². The molecule has 2 heteroatoms. The van der Waals surface area contributed by atoms with Gasteiger partial charge in [0.05, 0.1) is 0 Å². The van der Waals surface area contributed by atoms with E-state index in [0.29, 0.717) is 17.6 Å². The number of nitrogens with zero attached hydrogens (tertiary/aromatic N) is 1. The third-order valence-electron chi connectivity index (χ3n) is 5.70. The first-order chi connectivity index (χ1) is 11.2. The predicted molar refractivity (Wildman–Crippen MR) is 98.4 cm³/mol. The second-order valence-corrected chi connectivity index (χ2v) is 8.00. The van der Waals surface area contributed by atoms with E-state index in [0.717, 1.165) is 18.4 Å². The monoisotopic (exact) mass is 319 g/mol. The summed E-state index contributed by atoms with van der Waals surface area (Å²) in [5.74, 6) is 1.30. The van der Waals surface area contributed by atoms with E-state index in [-0.39, 0.29) is 0 Å². The lowest BCUT2D eigenvalue weighted by Crippen LogP contribution is -2.25. The molecule has 2 rings (SSSR count). The molecule has 23 heavy (non-hydrogen) atoms. The molecule has 0 N–H and O–H groups in total. The molecule has 0 aromatic carbocycles. The van der Waals surface area contributed by atoms with Crippen molar-refractivity contribution in [3.05, 3.63) is 11.8 Å². The highest BCUT2D eigenvalue weighted by Gasteiger charge is 2.28. The van der Waals surface area contributed by atoms with Crippen LogP contribution in [0.3, 0.4) is 0 Å². The lowest BCUT2D eigenvalue weighted by atomic mass is 9.78. The fraction of sp³-hybridized carbons (Fsp3) is 0.857. The van der Waals surface area contributed by atoms with E-state index in [2.05, 4.69) is 25.2 Å². The third-order valence-corrected chi connectivity index (χ3v) is 5.70. The van der Waals surface area contributed by atoms with Crippen LogP contribution in [0, 0.1) is 11.8 Å². The second-order valence-electron chi connectivity index (χ2n) is 8.00. The molecule has 0 bridgehead atoms. The zero-order chi connectivity index (χ0) is 16.5. The molecule has 0 atom stereocenters. The molecule has 0 saturated heterocycles. The van der Waals surface area contributed by atoms with Crippen LogP contribution in [0.2, 0.25) is 0 Å². The summed E-state index contributed by atoms with van der Waals surface area (Å²) in [6.45, 7) is 0. The standard InChI is InChI=1S/C21H37NO/c1-22(2)17-20(18-13-9-5-3-6-10-14-18)21(23)19-15-11-7-4-8-12-16-19/h17-19H,3-16H2,1-2H3/b20-17+. The summed E-state index contributed by atoms with van der Waals surface area (Å²) in [5, 5.41) is 0. The van der Waals surface area contributed by atoms with Gasteiger partial charge in [-0.15, -0.1) is 0 Å². The Morgan fingerprint density at radius 2 is 1.09 bits per heavy atom. The van der Waals surface area contributed by atoms with Crippen LogP contribution < -0.4 is 0 Å². The molecule has 2 saturated carbocycles. The average Bonchev–Trinajstić information content (AvgIpc) is 2.44. The van der Waals surface area contributed by atoms with Gasteiger partial charge in [0, 0.05) is 31.8 Å². The van der Waals surface area contributed by atoms with E-state index in [9.17, 15) is 4.79 Å². The van der Waals surface area contributed by atoms with Crippen LogP contribution in [0.25, 0.3) is 0 Å². The number of allylic oxidation sites excluding steroid dienone is 1. The molecule has 0 heterocycles. The van der Waals surface area contributed by atoms with Crippen LogP contribution in [0.5, 0.6) is 0 Å². The lowest BCUT2D eigenvalue weighted by Gasteiger charge is -2.27. The Kier molecular flexibility index (Phi) is 8.19. The van der Waals surface area contributed by atoms with Gasteiger partial charge in [-0.05, 0) is 31.6 Å². The number of hydrogen-bond donors (Lipinski definition) is 0. The largest absolute Gasteiger partial charge is 0.383 e. The summed E-state index contributed by atoms with van der Waals surface area (Å²) in [6, 6.07) is 0. The van der Waals surface area contributed by atoms with Crippen molar-refractivity contribution < 1.29 is 4.79 Å². The van der Waals surface area contributed by atoms with Crippen molar-refractivity contribution in [1.29, 1.82) is 0 Å². The Balaban J connectivity index is 2.10. The molecule has 0 amide bonds. The van der Waals surface area contributed by atoms with Crippen LogP contribution in [-0.2, 0) is 4.79 Å². The highest BCUT2D eigenvalue weighted by Crippen LogP contribution is 2.33. The van der Waals surface area contributed by atoms with E-state index in [1.807, 2.05) is 0 Å². The first kappa shape index (κ1) is 18.5. The van der Waals surface area contributed by atoms with Gasteiger partial charge in [0.1, 0.15) is 0 Å². The Morgan fingerprint density at radius 3 is 1.52 bits per heavy atom. The molecule has 0 radical (unpaired) electrons. The molecule has 132 valence electrons. The highest BCUT2D eigenvalue weighted by atomic mass is 16.1. The van der Waals surface area contributed by atoms with Crippen molar-refractivity contribution in [2.24, 2.45) is 11.8 Å². The van der Waals surface area contributed by atoms with Crippen molar-refractivity contribution in [2.75, 3.05) is 14.1 Å². The summed E-state index contributed by atoms with van der Waals surface area (Å²) >= 11 is 0. The van der Waals surface area contributed by atoms with Crippen LogP contribution in [0.15, 0.2) is 11.8 Å². The maximum atomic E-state index is 13.3. The topological polar surface area (TPSA) is 20.3 Å². The smallest absolute Gasteiger partial charge is 0.163 e. The third kappa shape index (κ3) is 6.31. The van der Waals surface area contributed by atoms with Crippen molar-refractivity contribution in [1.82, 2.24) is 4.90 Å². The quantitative estimate of drug-likeness (QED) is 0.617. The summed E-state index contributed by atoms with van der Waals surface area (Å²) < 4.78 is 0. The zero-order valence-corrected chi connectivity index (χ0v) is 15.5. The van der Waals surface area contributed by atoms with Gasteiger partial charge in [0.2, 0.25) is 0 Å². The van der Waals surface area contributed by atoms with Gasteiger partial charge in [-0.3, -0.25) is 4.79 Å². The van der Waals surface area contributed by atoms with E-state index >= 15 is 0 Å². The lowest BCUT2D eigenvalue weighted by molar-refractivity contribution is -0.120. The molecule has 0 unspecified atom stereocenters. The molecule has 0 spiro atoms. The van der Waals surface area contributed by atoms with Crippen LogP contribution >= 0.6 is 0 Å². The van der Waals surface area contributed by atoms with Gasteiger partial charge < -0.3 is 4.90 Å². The molecular weight excluding hydrogens is 282 g/mol. The number of ketones is 1. The number of rotatable bonds is 4. The number of carbonyl (C=O) groups is 1. The maximum Gasteiger partial charge on any atom is 0.163 e. The SMILES string of the molecule is CN(C)/C=C(/C(=O)C1CCCCCCC1)C1CCCCCCC1. The first-order valence-corrected chi connectivity index (χ1v) is 10.1. The summed E-state index contributed by atoms with van der Waals surface area (Å²) in [5.41, 5.74) is 1.16. The number of Topliss-reactive ketones (excluding diaryl/α,β-unsaturated/α-hetero) is 1. The molecule has 2 fully saturated rings. The van der Waals surface area contributed by atoms with E-state index in [4.69, 9.17) is 0 Å². The Morgan fingerprint density at radius 1 is 0.696 bits per heavy atom. The maximum absolute atomic E-state index is 13.3. The minimum Gasteiger partial charge on any atom is -0.383 e. The second kappa shape index (κ2) is 10.2.